The first kappa shape index (κ1) is 12.1. The van der Waals surface area contributed by atoms with Gasteiger partial charge in [-0.2, -0.15) is 0 Å². The highest BCUT2D eigenvalue weighted by atomic mass is 16.3. The molecule has 0 unspecified atom stereocenters. The van der Waals surface area contributed by atoms with E-state index in [2.05, 4.69) is 10.3 Å². The number of pyridine rings is 1. The first-order chi connectivity index (χ1) is 8.65. The quantitative estimate of drug-likeness (QED) is 0.868. The van der Waals surface area contributed by atoms with E-state index in [1.807, 2.05) is 31.2 Å². The van der Waals surface area contributed by atoms with Gasteiger partial charge in [-0.3, -0.25) is 4.79 Å². The van der Waals surface area contributed by atoms with Gasteiger partial charge >= 0.3 is 0 Å². The average Bonchev–Trinajstić information content (AvgIpc) is 2.35. The van der Waals surface area contributed by atoms with Crippen molar-refractivity contribution in [3.63, 3.8) is 0 Å². The molecule has 1 aromatic carbocycles. The molecule has 0 radical (unpaired) electrons. The zero-order valence-corrected chi connectivity index (χ0v) is 10.1. The van der Waals surface area contributed by atoms with Crippen LogP contribution in [0.5, 0.6) is 5.75 Å². The maximum Gasteiger partial charge on any atom is 0.230 e. The second-order valence-electron chi connectivity index (χ2n) is 4.08. The Morgan fingerprint density at radius 2 is 2.00 bits per heavy atom. The zero-order valence-electron chi connectivity index (χ0n) is 10.1. The number of rotatable bonds is 3. The van der Waals surface area contributed by atoms with E-state index >= 15 is 0 Å². The van der Waals surface area contributed by atoms with Gasteiger partial charge in [0.25, 0.3) is 0 Å². The summed E-state index contributed by atoms with van der Waals surface area (Å²) in [6.07, 6.45) is 1.78. The van der Waals surface area contributed by atoms with E-state index in [0.717, 1.165) is 11.1 Å². The van der Waals surface area contributed by atoms with E-state index in [0.29, 0.717) is 0 Å². The third-order valence-corrected chi connectivity index (χ3v) is 2.53. The van der Waals surface area contributed by atoms with Crippen molar-refractivity contribution in [2.45, 2.75) is 13.3 Å². The Labute approximate surface area is 105 Å². The Bertz CT molecular complexity index is 550. The molecule has 1 aromatic heterocycles. The highest BCUT2D eigenvalue weighted by Gasteiger charge is 2.07. The van der Waals surface area contributed by atoms with Gasteiger partial charge < -0.3 is 10.4 Å². The fourth-order valence-corrected chi connectivity index (χ4v) is 1.56. The number of benzene rings is 1. The molecule has 0 saturated carbocycles. The number of carbonyl (C=O) groups is 1. The van der Waals surface area contributed by atoms with Crippen molar-refractivity contribution in [3.8, 4) is 5.75 Å². The number of aromatic nitrogens is 1. The molecule has 4 nitrogen and oxygen atoms in total. The fourth-order valence-electron chi connectivity index (χ4n) is 1.56. The Balaban J connectivity index is 2.01. The number of nitrogens with zero attached hydrogens (tertiary/aromatic N) is 1. The molecule has 4 heteroatoms. The van der Waals surface area contributed by atoms with Crippen molar-refractivity contribution in [2.75, 3.05) is 5.32 Å². The minimum absolute atomic E-state index is 0.0326. The van der Waals surface area contributed by atoms with Crippen LogP contribution in [-0.2, 0) is 11.2 Å². The molecule has 0 bridgehead atoms. The number of amides is 1. The lowest BCUT2D eigenvalue weighted by molar-refractivity contribution is -0.115. The van der Waals surface area contributed by atoms with Crippen LogP contribution < -0.4 is 5.32 Å². The number of carbonyl (C=O) groups excluding carboxylic acids is 1. The number of hydrogen-bond acceptors (Lipinski definition) is 3. The Morgan fingerprint density at radius 3 is 2.67 bits per heavy atom. The lowest BCUT2D eigenvalue weighted by Crippen LogP contribution is -2.15. The minimum atomic E-state index is -0.201. The van der Waals surface area contributed by atoms with Gasteiger partial charge in [0.15, 0.2) is 11.6 Å². The molecule has 0 spiro atoms. The summed E-state index contributed by atoms with van der Waals surface area (Å²) in [6, 6.07) is 10.8. The molecule has 0 atom stereocenters. The average molecular weight is 242 g/mol. The van der Waals surface area contributed by atoms with Crippen LogP contribution in [0.1, 0.15) is 11.1 Å². The van der Waals surface area contributed by atoms with E-state index in [-0.39, 0.29) is 23.9 Å². The van der Waals surface area contributed by atoms with Crippen LogP contribution in [0.3, 0.4) is 0 Å². The first-order valence-electron chi connectivity index (χ1n) is 5.64. The number of aryl methyl sites for hydroxylation is 1. The molecule has 2 aromatic rings. The van der Waals surface area contributed by atoms with Gasteiger partial charge in [-0.05, 0) is 24.6 Å². The third kappa shape index (κ3) is 3.07. The van der Waals surface area contributed by atoms with Crippen LogP contribution in [0, 0.1) is 6.92 Å². The smallest absolute Gasteiger partial charge is 0.230 e. The molecule has 2 rings (SSSR count). The number of hydrogen-bond donors (Lipinski definition) is 2. The molecular weight excluding hydrogens is 228 g/mol. The topological polar surface area (TPSA) is 62.2 Å². The van der Waals surface area contributed by atoms with Crippen LogP contribution in [0.2, 0.25) is 0 Å². The van der Waals surface area contributed by atoms with Gasteiger partial charge in [0.1, 0.15) is 0 Å². The molecule has 18 heavy (non-hydrogen) atoms. The highest BCUT2D eigenvalue weighted by molar-refractivity contribution is 5.92. The van der Waals surface area contributed by atoms with Crippen LogP contribution >= 0.6 is 0 Å². The van der Waals surface area contributed by atoms with E-state index < -0.39 is 0 Å². The monoisotopic (exact) mass is 242 g/mol. The highest BCUT2D eigenvalue weighted by Crippen LogP contribution is 2.18. The summed E-state index contributed by atoms with van der Waals surface area (Å²) >= 11 is 0. The maximum absolute atomic E-state index is 11.8. The van der Waals surface area contributed by atoms with Crippen molar-refractivity contribution in [3.05, 3.63) is 53.7 Å². The fraction of sp³-hybridized carbons (Fsp3) is 0.143. The standard InChI is InChI=1S/C14H14N2O2/c1-10-4-6-11(7-5-10)9-13(18)16-14-12(17)3-2-8-15-14/h2-8,17H,9H2,1H3,(H,15,16,18). The Hall–Kier alpha value is -2.36. The van der Waals surface area contributed by atoms with E-state index in [9.17, 15) is 9.90 Å². The normalized spacial score (nSPS) is 10.1. The van der Waals surface area contributed by atoms with Crippen molar-refractivity contribution >= 4 is 11.7 Å². The predicted molar refractivity (Wildman–Crippen MR) is 69.4 cm³/mol. The summed E-state index contributed by atoms with van der Waals surface area (Å²) in [7, 11) is 0. The molecular formula is C14H14N2O2. The van der Waals surface area contributed by atoms with E-state index in [4.69, 9.17) is 0 Å². The number of nitrogens with one attached hydrogen (secondary N) is 1. The minimum Gasteiger partial charge on any atom is -0.504 e. The second-order valence-corrected chi connectivity index (χ2v) is 4.08. The molecule has 2 N–H and O–H groups in total. The van der Waals surface area contributed by atoms with Gasteiger partial charge in [0.05, 0.1) is 6.42 Å². The molecule has 1 amide bonds. The first-order valence-corrected chi connectivity index (χ1v) is 5.64. The van der Waals surface area contributed by atoms with Crippen LogP contribution in [0.15, 0.2) is 42.6 Å². The van der Waals surface area contributed by atoms with E-state index in [1.54, 1.807) is 6.07 Å². The Kier molecular flexibility index (Phi) is 3.57. The molecule has 1 heterocycles. The van der Waals surface area contributed by atoms with Crippen LogP contribution in [-0.4, -0.2) is 16.0 Å². The summed E-state index contributed by atoms with van der Waals surface area (Å²) in [5, 5.41) is 12.1. The Morgan fingerprint density at radius 1 is 1.28 bits per heavy atom. The van der Waals surface area contributed by atoms with Gasteiger partial charge in [-0.15, -0.1) is 0 Å². The lowest BCUT2D eigenvalue weighted by Gasteiger charge is -2.06. The summed E-state index contributed by atoms with van der Waals surface area (Å²) in [4.78, 5) is 15.6. The predicted octanol–water partition coefficient (Wildman–Crippen LogP) is 2.28. The summed E-state index contributed by atoms with van der Waals surface area (Å²) < 4.78 is 0. The largest absolute Gasteiger partial charge is 0.504 e. The molecule has 0 aliphatic heterocycles. The van der Waals surface area contributed by atoms with Crippen LogP contribution in [0.4, 0.5) is 5.82 Å². The number of aromatic hydroxyl groups is 1. The SMILES string of the molecule is Cc1ccc(CC(=O)Nc2ncccc2O)cc1. The van der Waals surface area contributed by atoms with Gasteiger partial charge in [-0.1, -0.05) is 29.8 Å². The molecule has 0 saturated heterocycles. The molecule has 0 fully saturated rings. The van der Waals surface area contributed by atoms with E-state index in [1.165, 1.54) is 12.3 Å². The summed E-state index contributed by atoms with van der Waals surface area (Å²) in [5.41, 5.74) is 2.08. The third-order valence-electron chi connectivity index (χ3n) is 2.53. The molecule has 0 aliphatic carbocycles. The van der Waals surface area contributed by atoms with Crippen molar-refractivity contribution in [2.24, 2.45) is 0 Å². The van der Waals surface area contributed by atoms with Crippen molar-refractivity contribution in [1.82, 2.24) is 4.98 Å². The van der Waals surface area contributed by atoms with Crippen LogP contribution in [0.25, 0.3) is 0 Å². The zero-order chi connectivity index (χ0) is 13.0. The van der Waals surface area contributed by atoms with Crippen molar-refractivity contribution < 1.29 is 9.90 Å². The van der Waals surface area contributed by atoms with Gasteiger partial charge in [-0.25, -0.2) is 4.98 Å². The molecule has 92 valence electrons. The number of anilines is 1. The second kappa shape index (κ2) is 5.31. The summed E-state index contributed by atoms with van der Waals surface area (Å²) in [5.74, 6) is -0.0442. The van der Waals surface area contributed by atoms with Gasteiger partial charge in [0, 0.05) is 6.20 Å². The van der Waals surface area contributed by atoms with Crippen molar-refractivity contribution in [1.29, 1.82) is 0 Å². The maximum atomic E-state index is 11.8. The lowest BCUT2D eigenvalue weighted by atomic mass is 10.1. The van der Waals surface area contributed by atoms with Gasteiger partial charge in [0.2, 0.25) is 5.91 Å². The summed E-state index contributed by atoms with van der Waals surface area (Å²) in [6.45, 7) is 2.00. The molecule has 0 aliphatic rings.